The zero-order chi connectivity index (χ0) is 14.3. The van der Waals surface area contributed by atoms with Crippen LogP contribution in [-0.2, 0) is 16.6 Å². The molecule has 0 aromatic carbocycles. The molecule has 9 nitrogen and oxygen atoms in total. The Balaban J connectivity index is 0.00000161. The number of tetrazole rings is 1. The number of nitrogens with zero attached hydrogens (tertiary/aromatic N) is 5. The van der Waals surface area contributed by atoms with E-state index in [-0.39, 0.29) is 22.5 Å². The predicted octanol–water partition coefficient (Wildman–Crippen LogP) is -0.879. The number of carbonyl (C=O) groups is 2. The Bertz CT molecular complexity index is 616. The van der Waals surface area contributed by atoms with Gasteiger partial charge in [0.15, 0.2) is 0 Å². The molecule has 0 radical (unpaired) electrons. The second kappa shape index (κ2) is 6.03. The highest BCUT2D eigenvalue weighted by Gasteiger charge is 2.45. The van der Waals surface area contributed by atoms with Gasteiger partial charge < -0.3 is 10.6 Å². The average molecular weight is 331 g/mol. The molecule has 1 aromatic rings. The maximum absolute atomic E-state index is 11.6. The maximum Gasteiger partial charge on any atom is 0.352 e. The van der Waals surface area contributed by atoms with Gasteiger partial charge in [-0.3, -0.25) is 9.69 Å². The first-order valence-electron chi connectivity index (χ1n) is 5.82. The van der Waals surface area contributed by atoms with Crippen LogP contribution in [0.2, 0.25) is 0 Å². The minimum atomic E-state index is -1.05. The molecule has 0 aliphatic carbocycles. The Morgan fingerprint density at radius 1 is 1.57 bits per heavy atom. The van der Waals surface area contributed by atoms with E-state index in [2.05, 4.69) is 15.5 Å². The first-order chi connectivity index (χ1) is 9.58. The molecule has 1 amide bonds. The van der Waals surface area contributed by atoms with Gasteiger partial charge in [0, 0.05) is 18.6 Å². The minimum absolute atomic E-state index is 0. The summed E-state index contributed by atoms with van der Waals surface area (Å²) in [5.41, 5.74) is 0.868. The van der Waals surface area contributed by atoms with Crippen LogP contribution in [0.1, 0.15) is 6.42 Å². The summed E-state index contributed by atoms with van der Waals surface area (Å²) in [5.74, 6) is -0.0919. The van der Waals surface area contributed by atoms with Crippen molar-refractivity contribution in [3.05, 3.63) is 11.3 Å². The lowest BCUT2D eigenvalue weighted by molar-refractivity contribution is -0.146. The highest BCUT2D eigenvalue weighted by molar-refractivity contribution is 8.00. The van der Waals surface area contributed by atoms with Crippen LogP contribution in [0.25, 0.3) is 0 Å². The van der Waals surface area contributed by atoms with Gasteiger partial charge in [0.05, 0.1) is 11.8 Å². The van der Waals surface area contributed by atoms with Gasteiger partial charge in [-0.05, 0) is 16.0 Å². The fourth-order valence-corrected chi connectivity index (χ4v) is 4.34. The topological polar surface area (TPSA) is 133 Å². The van der Waals surface area contributed by atoms with E-state index in [1.807, 2.05) is 0 Å². The molecule has 21 heavy (non-hydrogen) atoms. The molecule has 0 saturated carbocycles. The molecule has 3 N–H and O–H groups in total. The van der Waals surface area contributed by atoms with E-state index in [4.69, 9.17) is 0 Å². The number of carbonyl (C=O) groups excluding carboxylic acids is 1. The van der Waals surface area contributed by atoms with Crippen LogP contribution >= 0.6 is 23.5 Å². The monoisotopic (exact) mass is 331 g/mol. The van der Waals surface area contributed by atoms with Gasteiger partial charge in [0.1, 0.15) is 5.70 Å². The van der Waals surface area contributed by atoms with Crippen molar-refractivity contribution in [1.29, 1.82) is 0 Å². The Labute approximate surface area is 128 Å². The number of carboxylic acids is 1. The summed E-state index contributed by atoms with van der Waals surface area (Å²) in [7, 11) is 1.72. The molecule has 114 valence electrons. The van der Waals surface area contributed by atoms with Crippen molar-refractivity contribution in [2.75, 3.05) is 11.5 Å². The number of aliphatic carboxylic acids is 1. The van der Waals surface area contributed by atoms with E-state index >= 15 is 0 Å². The highest BCUT2D eigenvalue weighted by Crippen LogP contribution is 2.40. The first-order valence-corrected chi connectivity index (χ1v) is 7.85. The quantitative estimate of drug-likeness (QED) is 0.555. The molecule has 0 spiro atoms. The second-order valence-electron chi connectivity index (χ2n) is 4.36. The maximum atomic E-state index is 11.6. The summed E-state index contributed by atoms with van der Waals surface area (Å²) in [6, 6.07) is 0. The third kappa shape index (κ3) is 2.76. The molecular weight excluding hydrogens is 318 g/mol. The van der Waals surface area contributed by atoms with E-state index in [0.717, 1.165) is 5.57 Å². The number of hydrogen-bond acceptors (Lipinski definition) is 7. The van der Waals surface area contributed by atoms with Crippen LogP contribution in [0, 0.1) is 0 Å². The van der Waals surface area contributed by atoms with Crippen molar-refractivity contribution in [1.82, 2.24) is 25.1 Å². The fraction of sp³-hybridized carbons (Fsp3) is 0.500. The normalized spacial score (nSPS) is 20.7. The van der Waals surface area contributed by atoms with Crippen molar-refractivity contribution >= 4 is 35.4 Å². The fourth-order valence-electron chi connectivity index (χ4n) is 2.08. The van der Waals surface area contributed by atoms with Gasteiger partial charge in [-0.25, -0.2) is 9.48 Å². The van der Waals surface area contributed by atoms with Crippen LogP contribution in [0.4, 0.5) is 0 Å². The Morgan fingerprint density at radius 3 is 2.90 bits per heavy atom. The third-order valence-electron chi connectivity index (χ3n) is 3.09. The molecule has 3 rings (SSSR count). The van der Waals surface area contributed by atoms with Crippen molar-refractivity contribution in [2.24, 2.45) is 7.05 Å². The number of fused-ring (bicyclic) bond motifs is 1. The van der Waals surface area contributed by atoms with Crippen LogP contribution < -0.4 is 0 Å². The number of thioether (sulfide) groups is 2. The first kappa shape index (κ1) is 15.8. The van der Waals surface area contributed by atoms with E-state index < -0.39 is 5.97 Å². The van der Waals surface area contributed by atoms with Crippen molar-refractivity contribution in [2.45, 2.75) is 17.0 Å². The summed E-state index contributed by atoms with van der Waals surface area (Å²) >= 11 is 2.96. The number of aromatic nitrogens is 4. The zero-order valence-corrected chi connectivity index (χ0v) is 12.6. The molecule has 1 atom stereocenters. The van der Waals surface area contributed by atoms with Crippen LogP contribution in [-0.4, -0.2) is 64.4 Å². The molecule has 1 fully saturated rings. The average Bonchev–Trinajstić information content (AvgIpc) is 2.80. The van der Waals surface area contributed by atoms with Crippen LogP contribution in [0.3, 0.4) is 0 Å². The van der Waals surface area contributed by atoms with Gasteiger partial charge in [-0.15, -0.1) is 16.9 Å². The Morgan fingerprint density at radius 2 is 2.33 bits per heavy atom. The number of rotatable bonds is 4. The van der Waals surface area contributed by atoms with Gasteiger partial charge in [-0.2, -0.15) is 0 Å². The molecular formula is C10H13N5O4S2. The number of hydrogen-bond donors (Lipinski definition) is 1. The SMILES string of the molecule is Cn1nnnc1SCC1=C(C(=O)O)N2C(=O)CC2SC1.O. The lowest BCUT2D eigenvalue weighted by atomic mass is 10.1. The smallest absolute Gasteiger partial charge is 0.352 e. The molecule has 2 aliphatic rings. The molecule has 1 saturated heterocycles. The summed E-state index contributed by atoms with van der Waals surface area (Å²) in [4.78, 5) is 24.4. The standard InChI is InChI=1S/C10H11N5O3S2.H2O/c1-14-10(11-12-13-14)20-4-5-3-19-7-2-6(16)15(7)8(5)9(17)18;/h7H,2-4H2,1H3,(H,17,18);1H2. The minimum Gasteiger partial charge on any atom is -0.477 e. The van der Waals surface area contributed by atoms with Crippen molar-refractivity contribution in [3.63, 3.8) is 0 Å². The van der Waals surface area contributed by atoms with Crippen molar-refractivity contribution in [3.8, 4) is 0 Å². The van der Waals surface area contributed by atoms with Gasteiger partial charge in [-0.1, -0.05) is 11.8 Å². The number of β-lactam (4-membered cyclic amide) rings is 1. The largest absolute Gasteiger partial charge is 0.477 e. The summed E-state index contributed by atoms with van der Waals surface area (Å²) in [6.45, 7) is 0. The van der Waals surface area contributed by atoms with Crippen LogP contribution in [0.15, 0.2) is 16.4 Å². The summed E-state index contributed by atoms with van der Waals surface area (Å²) in [5, 5.41) is 21.0. The van der Waals surface area contributed by atoms with Gasteiger partial charge in [0.2, 0.25) is 11.1 Å². The number of aryl methyl sites for hydroxylation is 1. The zero-order valence-electron chi connectivity index (χ0n) is 11.0. The molecule has 11 heteroatoms. The number of amides is 1. The molecule has 1 aromatic heterocycles. The summed E-state index contributed by atoms with van der Waals surface area (Å²) in [6.07, 6.45) is 0.426. The molecule has 1 unspecified atom stereocenters. The predicted molar refractivity (Wildman–Crippen MR) is 75.5 cm³/mol. The van der Waals surface area contributed by atoms with Crippen molar-refractivity contribution < 1.29 is 20.2 Å². The molecule has 0 bridgehead atoms. The van der Waals surface area contributed by atoms with Gasteiger partial charge >= 0.3 is 5.97 Å². The molecule has 3 heterocycles. The lowest BCUT2D eigenvalue weighted by Gasteiger charge is -2.43. The second-order valence-corrected chi connectivity index (χ2v) is 6.47. The number of carboxylic acid groups (broad SMARTS) is 1. The Kier molecular flexibility index (Phi) is 4.54. The van der Waals surface area contributed by atoms with E-state index in [1.165, 1.54) is 21.3 Å². The lowest BCUT2D eigenvalue weighted by Crippen LogP contribution is -2.54. The van der Waals surface area contributed by atoms with Crippen LogP contribution in [0.5, 0.6) is 0 Å². The van der Waals surface area contributed by atoms with Gasteiger partial charge in [0.25, 0.3) is 0 Å². The van der Waals surface area contributed by atoms with E-state index in [9.17, 15) is 14.7 Å². The highest BCUT2D eigenvalue weighted by atomic mass is 32.2. The van der Waals surface area contributed by atoms with E-state index in [1.54, 1.807) is 18.8 Å². The van der Waals surface area contributed by atoms with E-state index in [0.29, 0.717) is 23.1 Å². The third-order valence-corrected chi connectivity index (χ3v) is 5.47. The molecule has 2 aliphatic heterocycles. The summed E-state index contributed by atoms with van der Waals surface area (Å²) < 4.78 is 1.53. The Hall–Kier alpha value is -1.59.